The first-order valence-corrected chi connectivity index (χ1v) is 7.18. The fourth-order valence-corrected chi connectivity index (χ4v) is 2.25. The molecule has 0 aliphatic heterocycles. The maximum absolute atomic E-state index is 12.0. The summed E-state index contributed by atoms with van der Waals surface area (Å²) in [6, 6.07) is 13.0. The number of nitrogens with one attached hydrogen (secondary N) is 1. The zero-order valence-corrected chi connectivity index (χ0v) is 12.9. The molecular weight excluding hydrogens is 286 g/mol. The molecule has 0 saturated carbocycles. The quantitative estimate of drug-likeness (QED) is 0.854. The molecule has 0 heterocycles. The van der Waals surface area contributed by atoms with E-state index in [1.165, 1.54) is 0 Å². The standard InChI is InChI=1S/C17H18ClNO2/c1-12-5-3-4-6-15(12)17(20)19-9-10-21-16-8-7-14(18)11-13(16)2/h3-8,11H,9-10H2,1-2H3,(H,19,20). The monoisotopic (exact) mass is 303 g/mol. The van der Waals surface area contributed by atoms with Crippen molar-refractivity contribution in [1.82, 2.24) is 5.32 Å². The summed E-state index contributed by atoms with van der Waals surface area (Å²) in [6.07, 6.45) is 0. The molecule has 0 aliphatic carbocycles. The lowest BCUT2D eigenvalue weighted by Crippen LogP contribution is -2.28. The van der Waals surface area contributed by atoms with Gasteiger partial charge in [0.25, 0.3) is 5.91 Å². The van der Waals surface area contributed by atoms with Crippen LogP contribution in [0, 0.1) is 13.8 Å². The Morgan fingerprint density at radius 2 is 1.90 bits per heavy atom. The Morgan fingerprint density at radius 3 is 2.62 bits per heavy atom. The van der Waals surface area contributed by atoms with Gasteiger partial charge in [-0.1, -0.05) is 29.8 Å². The lowest BCUT2D eigenvalue weighted by atomic mass is 10.1. The molecule has 0 aromatic heterocycles. The molecule has 0 bridgehead atoms. The molecule has 1 amide bonds. The molecule has 3 nitrogen and oxygen atoms in total. The molecule has 0 unspecified atom stereocenters. The zero-order valence-electron chi connectivity index (χ0n) is 12.2. The molecule has 0 saturated heterocycles. The van der Waals surface area contributed by atoms with Crippen molar-refractivity contribution in [2.45, 2.75) is 13.8 Å². The summed E-state index contributed by atoms with van der Waals surface area (Å²) >= 11 is 5.89. The van der Waals surface area contributed by atoms with Gasteiger partial charge in [0, 0.05) is 10.6 Å². The highest BCUT2D eigenvalue weighted by Gasteiger charge is 2.07. The van der Waals surface area contributed by atoms with Crippen molar-refractivity contribution in [1.29, 1.82) is 0 Å². The third-order valence-electron chi connectivity index (χ3n) is 3.17. The van der Waals surface area contributed by atoms with E-state index in [0.717, 1.165) is 16.9 Å². The van der Waals surface area contributed by atoms with Gasteiger partial charge in [-0.15, -0.1) is 0 Å². The van der Waals surface area contributed by atoms with E-state index in [1.807, 2.05) is 50.2 Å². The fourth-order valence-electron chi connectivity index (χ4n) is 2.02. The van der Waals surface area contributed by atoms with Crippen LogP contribution in [0.15, 0.2) is 42.5 Å². The molecule has 2 rings (SSSR count). The fraction of sp³-hybridized carbons (Fsp3) is 0.235. The highest BCUT2D eigenvalue weighted by Crippen LogP contribution is 2.21. The van der Waals surface area contributed by atoms with E-state index in [9.17, 15) is 4.79 Å². The maximum Gasteiger partial charge on any atom is 0.251 e. The highest BCUT2D eigenvalue weighted by atomic mass is 35.5. The van der Waals surface area contributed by atoms with Crippen LogP contribution in [0.1, 0.15) is 21.5 Å². The first kappa shape index (κ1) is 15.4. The van der Waals surface area contributed by atoms with Gasteiger partial charge in [-0.2, -0.15) is 0 Å². The summed E-state index contributed by atoms with van der Waals surface area (Å²) in [5.74, 6) is 0.703. The van der Waals surface area contributed by atoms with Crippen molar-refractivity contribution in [2.75, 3.05) is 13.2 Å². The summed E-state index contributed by atoms with van der Waals surface area (Å²) in [7, 11) is 0. The van der Waals surface area contributed by atoms with Gasteiger partial charge in [-0.25, -0.2) is 0 Å². The number of carbonyl (C=O) groups excluding carboxylic acids is 1. The zero-order chi connectivity index (χ0) is 15.2. The first-order chi connectivity index (χ1) is 10.1. The highest BCUT2D eigenvalue weighted by molar-refractivity contribution is 6.30. The van der Waals surface area contributed by atoms with Crippen LogP contribution in [0.3, 0.4) is 0 Å². The van der Waals surface area contributed by atoms with E-state index in [-0.39, 0.29) is 5.91 Å². The van der Waals surface area contributed by atoms with Crippen molar-refractivity contribution in [3.63, 3.8) is 0 Å². The van der Waals surface area contributed by atoms with Gasteiger partial charge in [0.05, 0.1) is 6.54 Å². The number of carbonyl (C=O) groups is 1. The molecule has 0 fully saturated rings. The summed E-state index contributed by atoms with van der Waals surface area (Å²) < 4.78 is 5.63. The van der Waals surface area contributed by atoms with E-state index in [1.54, 1.807) is 6.07 Å². The molecule has 0 aliphatic rings. The topological polar surface area (TPSA) is 38.3 Å². The predicted molar refractivity (Wildman–Crippen MR) is 85.2 cm³/mol. The second-order valence-corrected chi connectivity index (χ2v) is 5.27. The Labute approximate surface area is 129 Å². The normalized spacial score (nSPS) is 10.2. The van der Waals surface area contributed by atoms with Crippen LogP contribution in [0.4, 0.5) is 0 Å². The van der Waals surface area contributed by atoms with Crippen LogP contribution in [0.2, 0.25) is 5.02 Å². The first-order valence-electron chi connectivity index (χ1n) is 6.80. The van der Waals surface area contributed by atoms with Gasteiger partial charge >= 0.3 is 0 Å². The maximum atomic E-state index is 12.0. The van der Waals surface area contributed by atoms with Crippen molar-refractivity contribution in [2.24, 2.45) is 0 Å². The van der Waals surface area contributed by atoms with Gasteiger partial charge < -0.3 is 10.1 Å². The smallest absolute Gasteiger partial charge is 0.251 e. The van der Waals surface area contributed by atoms with E-state index in [2.05, 4.69) is 5.32 Å². The SMILES string of the molecule is Cc1cc(Cl)ccc1OCCNC(=O)c1ccccc1C. The van der Waals surface area contributed by atoms with Gasteiger partial charge in [-0.3, -0.25) is 4.79 Å². The Hall–Kier alpha value is -2.00. The third kappa shape index (κ3) is 4.23. The number of benzene rings is 2. The Bertz CT molecular complexity index is 640. The molecule has 21 heavy (non-hydrogen) atoms. The Balaban J connectivity index is 1.82. The number of amides is 1. The van der Waals surface area contributed by atoms with Crippen LogP contribution < -0.4 is 10.1 Å². The number of ether oxygens (including phenoxy) is 1. The van der Waals surface area contributed by atoms with Crippen molar-refractivity contribution >= 4 is 17.5 Å². The second kappa shape index (κ2) is 7.14. The van der Waals surface area contributed by atoms with Gasteiger partial charge in [0.15, 0.2) is 0 Å². The van der Waals surface area contributed by atoms with E-state index in [0.29, 0.717) is 23.7 Å². The largest absolute Gasteiger partial charge is 0.491 e. The molecule has 0 spiro atoms. The molecule has 1 N–H and O–H groups in total. The molecule has 110 valence electrons. The Kier molecular flexibility index (Phi) is 5.23. The average Bonchev–Trinajstić information content (AvgIpc) is 2.45. The summed E-state index contributed by atoms with van der Waals surface area (Å²) in [4.78, 5) is 12.0. The third-order valence-corrected chi connectivity index (χ3v) is 3.41. The minimum Gasteiger partial charge on any atom is -0.491 e. The predicted octanol–water partition coefficient (Wildman–Crippen LogP) is 3.77. The number of halogens is 1. The van der Waals surface area contributed by atoms with Crippen LogP contribution in [-0.4, -0.2) is 19.1 Å². The number of hydrogen-bond acceptors (Lipinski definition) is 2. The van der Waals surface area contributed by atoms with Gasteiger partial charge in [0.2, 0.25) is 0 Å². The molecule has 2 aromatic carbocycles. The molecular formula is C17H18ClNO2. The van der Waals surface area contributed by atoms with Crippen LogP contribution in [0.25, 0.3) is 0 Å². The lowest BCUT2D eigenvalue weighted by Gasteiger charge is -2.11. The number of hydrogen-bond donors (Lipinski definition) is 1. The summed E-state index contributed by atoms with van der Waals surface area (Å²) in [5, 5.41) is 3.54. The molecule has 0 atom stereocenters. The van der Waals surface area contributed by atoms with Crippen molar-refractivity contribution in [3.05, 3.63) is 64.2 Å². The van der Waals surface area contributed by atoms with E-state index >= 15 is 0 Å². The van der Waals surface area contributed by atoms with E-state index in [4.69, 9.17) is 16.3 Å². The Morgan fingerprint density at radius 1 is 1.14 bits per heavy atom. The number of rotatable bonds is 5. The minimum absolute atomic E-state index is 0.0791. The summed E-state index contributed by atoms with van der Waals surface area (Å²) in [6.45, 7) is 4.73. The van der Waals surface area contributed by atoms with Crippen molar-refractivity contribution in [3.8, 4) is 5.75 Å². The minimum atomic E-state index is -0.0791. The molecule has 2 aromatic rings. The molecule has 0 radical (unpaired) electrons. The van der Waals surface area contributed by atoms with Crippen LogP contribution in [-0.2, 0) is 0 Å². The average molecular weight is 304 g/mol. The van der Waals surface area contributed by atoms with E-state index < -0.39 is 0 Å². The lowest BCUT2D eigenvalue weighted by molar-refractivity contribution is 0.0946. The summed E-state index contributed by atoms with van der Waals surface area (Å²) in [5.41, 5.74) is 2.64. The van der Waals surface area contributed by atoms with Crippen LogP contribution in [0.5, 0.6) is 5.75 Å². The second-order valence-electron chi connectivity index (χ2n) is 4.83. The van der Waals surface area contributed by atoms with Crippen LogP contribution >= 0.6 is 11.6 Å². The van der Waals surface area contributed by atoms with Gasteiger partial charge in [0.1, 0.15) is 12.4 Å². The molecule has 4 heteroatoms. The van der Waals surface area contributed by atoms with Crippen molar-refractivity contribution < 1.29 is 9.53 Å². The number of aryl methyl sites for hydroxylation is 2. The van der Waals surface area contributed by atoms with Gasteiger partial charge in [-0.05, 0) is 49.2 Å².